The van der Waals surface area contributed by atoms with Gasteiger partial charge in [-0.3, -0.25) is 9.59 Å². The van der Waals surface area contributed by atoms with Gasteiger partial charge in [0, 0.05) is 12.8 Å². The summed E-state index contributed by atoms with van der Waals surface area (Å²) in [5.74, 6) is -0.331. The van der Waals surface area contributed by atoms with Gasteiger partial charge in [-0.1, -0.05) is 180 Å². The monoisotopic (exact) mass is 1390 g/mol. The van der Waals surface area contributed by atoms with Crippen LogP contribution in [0.2, 0.25) is 0 Å². The molecule has 0 bridgehead atoms. The number of halogens is 1. The molecule has 28 nitrogen and oxygen atoms in total. The molecular formula is C66H123ClN2O26. The van der Waals surface area contributed by atoms with Crippen LogP contribution in [0, 0.1) is 0 Å². The predicted molar refractivity (Wildman–Crippen MR) is 349 cm³/mol. The topological polar surface area (TPSA) is 470 Å². The van der Waals surface area contributed by atoms with Crippen LogP contribution in [-0.4, -0.2) is 280 Å². The average molecular weight is 1400 g/mol. The van der Waals surface area contributed by atoms with Crippen LogP contribution in [0.5, 0.6) is 0 Å². The van der Waals surface area contributed by atoms with Crippen LogP contribution < -0.4 is 11.1 Å². The molecule has 0 saturated carbocycles. The Morgan fingerprint density at radius 3 is 1.08 bits per heavy atom. The van der Waals surface area contributed by atoms with Gasteiger partial charge in [0.25, 0.3) is 0 Å². The Morgan fingerprint density at radius 1 is 0.432 bits per heavy atom. The molecule has 4 fully saturated rings. The maximum atomic E-state index is 12.2. The minimum atomic E-state index is -1.78. The van der Waals surface area contributed by atoms with Gasteiger partial charge >= 0.3 is 0 Å². The Bertz CT molecular complexity index is 1990. The van der Waals surface area contributed by atoms with Crippen molar-refractivity contribution in [1.29, 1.82) is 0 Å². The zero-order chi connectivity index (χ0) is 70.8. The number of rotatable bonds is 45. The van der Waals surface area contributed by atoms with Gasteiger partial charge in [-0.25, -0.2) is 0 Å². The Kier molecular flexibility index (Phi) is 48.7. The van der Waals surface area contributed by atoms with Crippen LogP contribution in [0.25, 0.3) is 0 Å². The summed E-state index contributed by atoms with van der Waals surface area (Å²) >= 11 is 4.82. The fourth-order valence-corrected chi connectivity index (χ4v) is 11.0. The lowest BCUT2D eigenvalue weighted by Gasteiger charge is -2.46. The first kappa shape index (κ1) is 89.0. The number of ether oxygens (including phenoxy) is 8. The first-order chi connectivity index (χ1) is 45.5. The minimum absolute atomic E-state index is 0.163. The SMILES string of the molecule is CCC(=O)Cl.CCCCCCCCCCCCC/C=C/[C@@H](O)[C@@H](N)CO[C@@H]1OC(CO)[C@@H](O[C@@H]2OC(CO)[C@H](O)[C@H](O)C2O)[C@H](O)C1O.CCCCCCCCCCCCC/C=C/[C@@H](O)[C@H](CO[C@@H]1OC(CO)[C@@H](O[C@@H]2OC(CO)[C@H](O)[C@H](O)C2O)[C@H](O)C1O)NC(=O)CC. The third-order valence-electron chi connectivity index (χ3n) is 17.2. The maximum absolute atomic E-state index is 12.2. The number of allylic oxidation sites excluding steroid dienone is 2. The summed E-state index contributed by atoms with van der Waals surface area (Å²) in [6.45, 7) is 4.52. The zero-order valence-corrected chi connectivity index (χ0v) is 57.2. The first-order valence-corrected chi connectivity index (χ1v) is 35.2. The molecular weight excluding hydrogens is 1270 g/mol. The van der Waals surface area contributed by atoms with E-state index in [9.17, 15) is 91.3 Å². The van der Waals surface area contributed by atoms with E-state index in [1.807, 2.05) is 12.2 Å². The molecule has 0 aliphatic carbocycles. The molecule has 95 heavy (non-hydrogen) atoms. The van der Waals surface area contributed by atoms with Gasteiger partial charge in [-0.15, -0.1) is 0 Å². The third kappa shape index (κ3) is 33.1. The van der Waals surface area contributed by atoms with Gasteiger partial charge in [0.15, 0.2) is 25.2 Å². The Hall–Kier alpha value is -2.09. The summed E-state index contributed by atoms with van der Waals surface area (Å²) in [6.07, 6.45) is 3.30. The van der Waals surface area contributed by atoms with E-state index in [-0.39, 0.29) is 30.8 Å². The molecule has 29 heteroatoms. The standard InChI is InChI=1S/C33H61NO13.C30H57NO12.C3H5ClO/c1-3-5-6-7-8-9-10-11-12-13-14-15-16-17-22(37)21(34-25(38)4-2)20-44-32-30(43)28(41)31(24(19-36)46-32)47-33-29(42)27(40)26(39)23(18-35)45-33;1-2-3-4-5-6-7-8-9-10-11-12-13-14-15-20(34)19(31)18-40-29-27(39)25(37)28(22(17-33)42-29)43-30-26(38)24(36)23(35)21(16-32)41-30;1-2-3(4)5/h16-17,21-24,26-33,35-37,39-43H,3-15,18-20H2,1-2H3,(H,34,38);14-15,19-30,32-39H,2-13,16-18,31H2,1H3;2H2,1H3/b17-16+;15-14+;/t21-,22+,23?,24?,26-,27-,28+,29?,30?,31+,32+,33-;19-,20+,21?,22?,23-,24-,25+,26?,27?,28+,29+,30-;/m00./s1. The molecule has 8 unspecified atom stereocenters. The highest BCUT2D eigenvalue weighted by Crippen LogP contribution is 2.32. The number of amides is 1. The van der Waals surface area contributed by atoms with Crippen molar-refractivity contribution < 1.29 is 129 Å². The predicted octanol–water partition coefficient (Wildman–Crippen LogP) is 0.875. The number of hydrogen-bond donors (Lipinski definition) is 18. The second-order valence-corrected chi connectivity index (χ2v) is 25.5. The van der Waals surface area contributed by atoms with Crippen molar-refractivity contribution in [3.63, 3.8) is 0 Å². The summed E-state index contributed by atoms with van der Waals surface area (Å²) in [7, 11) is 0. The Balaban J connectivity index is 0.000000605. The highest BCUT2D eigenvalue weighted by molar-refractivity contribution is 6.63. The molecule has 19 N–H and O–H groups in total. The van der Waals surface area contributed by atoms with Crippen LogP contribution in [-0.2, 0) is 47.5 Å². The molecule has 0 spiro atoms. The quantitative estimate of drug-likeness (QED) is 0.0228. The summed E-state index contributed by atoms with van der Waals surface area (Å²) < 4.78 is 44.1. The lowest BCUT2D eigenvalue weighted by atomic mass is 9.97. The number of hydrogen-bond acceptors (Lipinski definition) is 27. The zero-order valence-electron chi connectivity index (χ0n) is 56.5. The average Bonchev–Trinajstić information content (AvgIpc) is 0.803. The maximum Gasteiger partial charge on any atom is 0.221 e. The van der Waals surface area contributed by atoms with Crippen molar-refractivity contribution in [1.82, 2.24) is 5.32 Å². The summed E-state index contributed by atoms with van der Waals surface area (Å²) in [6, 6.07) is -1.75. The fraction of sp³-hybridized carbons (Fsp3) is 0.909. The van der Waals surface area contributed by atoms with Crippen LogP contribution >= 0.6 is 11.6 Å². The van der Waals surface area contributed by atoms with Crippen LogP contribution in [0.4, 0.5) is 0 Å². The van der Waals surface area contributed by atoms with Gasteiger partial charge in [0.2, 0.25) is 11.1 Å². The van der Waals surface area contributed by atoms with E-state index >= 15 is 0 Å². The molecule has 0 aromatic rings. The third-order valence-corrected chi connectivity index (χ3v) is 17.5. The van der Waals surface area contributed by atoms with Crippen LogP contribution in [0.1, 0.15) is 195 Å². The van der Waals surface area contributed by atoms with Crippen molar-refractivity contribution in [2.75, 3.05) is 39.6 Å². The smallest absolute Gasteiger partial charge is 0.221 e. The van der Waals surface area contributed by atoms with Crippen molar-refractivity contribution in [2.45, 2.75) is 342 Å². The molecule has 4 aliphatic rings. The van der Waals surface area contributed by atoms with Gasteiger partial charge in [0.05, 0.1) is 63.9 Å². The molecule has 0 radical (unpaired) electrons. The van der Waals surface area contributed by atoms with E-state index in [0.29, 0.717) is 6.42 Å². The van der Waals surface area contributed by atoms with Crippen LogP contribution in [0.15, 0.2) is 24.3 Å². The largest absolute Gasteiger partial charge is 0.394 e. The number of unbranched alkanes of at least 4 members (excludes halogenated alkanes) is 22. The molecule has 0 aromatic heterocycles. The molecule has 560 valence electrons. The van der Waals surface area contributed by atoms with Gasteiger partial charge in [0.1, 0.15) is 97.7 Å². The molecule has 4 heterocycles. The molecule has 0 aromatic carbocycles. The normalized spacial score (nSPS) is 32.4. The summed E-state index contributed by atoms with van der Waals surface area (Å²) in [4.78, 5) is 21.8. The van der Waals surface area contributed by atoms with Crippen molar-refractivity contribution in [2.24, 2.45) is 5.73 Å². The van der Waals surface area contributed by atoms with E-state index in [1.165, 1.54) is 116 Å². The lowest BCUT2D eigenvalue weighted by molar-refractivity contribution is -0.359. The first-order valence-electron chi connectivity index (χ1n) is 34.8. The fourth-order valence-electron chi connectivity index (χ4n) is 11.0. The van der Waals surface area contributed by atoms with E-state index in [4.69, 9.17) is 55.2 Å². The number of nitrogens with one attached hydrogen (secondary N) is 1. The Labute approximate surface area is 566 Å². The van der Waals surface area contributed by atoms with E-state index in [1.54, 1.807) is 26.0 Å². The van der Waals surface area contributed by atoms with E-state index < -0.39 is 174 Å². The lowest BCUT2D eigenvalue weighted by Crippen LogP contribution is -2.65. The van der Waals surface area contributed by atoms with E-state index in [0.717, 1.165) is 38.5 Å². The minimum Gasteiger partial charge on any atom is -0.394 e. The van der Waals surface area contributed by atoms with Crippen molar-refractivity contribution in [3.8, 4) is 0 Å². The number of aliphatic hydroxyl groups excluding tert-OH is 16. The van der Waals surface area contributed by atoms with Gasteiger partial charge in [-0.05, 0) is 37.3 Å². The second kappa shape index (κ2) is 52.0. The number of carbonyl (C=O) groups is 2. The summed E-state index contributed by atoms with van der Waals surface area (Å²) in [5.41, 5.74) is 6.04. The molecule has 1 amide bonds. The number of aliphatic hydroxyl groups is 16. The van der Waals surface area contributed by atoms with E-state index in [2.05, 4.69) is 19.2 Å². The van der Waals surface area contributed by atoms with Crippen LogP contribution in [0.3, 0.4) is 0 Å². The molecule has 24 atom stereocenters. The highest BCUT2D eigenvalue weighted by atomic mass is 35.5. The Morgan fingerprint density at radius 2 is 0.747 bits per heavy atom. The number of carbonyl (C=O) groups excluding carboxylic acids is 2. The molecule has 4 saturated heterocycles. The molecule has 4 aliphatic heterocycles. The highest BCUT2D eigenvalue weighted by Gasteiger charge is 2.53. The van der Waals surface area contributed by atoms with Gasteiger partial charge in [-0.2, -0.15) is 0 Å². The second-order valence-electron chi connectivity index (χ2n) is 25.1. The molecule has 4 rings (SSSR count). The number of nitrogens with two attached hydrogens (primary N) is 1. The summed E-state index contributed by atoms with van der Waals surface area (Å²) in [5, 5.41) is 166. The van der Waals surface area contributed by atoms with Crippen molar-refractivity contribution >= 4 is 22.8 Å². The van der Waals surface area contributed by atoms with Gasteiger partial charge < -0.3 is 131 Å². The van der Waals surface area contributed by atoms with Crippen molar-refractivity contribution in [3.05, 3.63) is 24.3 Å².